The van der Waals surface area contributed by atoms with Crippen molar-refractivity contribution in [3.05, 3.63) is 65.9 Å². The Kier molecular flexibility index (Phi) is 6.67. The molecule has 0 aliphatic carbocycles. The predicted octanol–water partition coefficient (Wildman–Crippen LogP) is 3.56. The van der Waals surface area contributed by atoms with Gasteiger partial charge in [-0.2, -0.15) is 0 Å². The summed E-state index contributed by atoms with van der Waals surface area (Å²) in [6, 6.07) is 16.6. The van der Waals surface area contributed by atoms with E-state index < -0.39 is 0 Å². The fraction of sp³-hybridized carbons (Fsp3) is 0.304. The number of anilines is 1. The van der Waals surface area contributed by atoms with Crippen molar-refractivity contribution < 1.29 is 19.1 Å². The van der Waals surface area contributed by atoms with Crippen molar-refractivity contribution in [3.8, 4) is 5.75 Å². The first-order valence-corrected chi connectivity index (χ1v) is 9.66. The van der Waals surface area contributed by atoms with Crippen molar-refractivity contribution in [2.75, 3.05) is 32.2 Å². The summed E-state index contributed by atoms with van der Waals surface area (Å²) in [5, 5.41) is 3.13. The number of carbonyl (C=O) groups is 2. The van der Waals surface area contributed by atoms with Crippen LogP contribution in [-0.4, -0.2) is 43.6 Å². The predicted molar refractivity (Wildman–Crippen MR) is 112 cm³/mol. The summed E-state index contributed by atoms with van der Waals surface area (Å²) in [6.07, 6.45) is 0. The summed E-state index contributed by atoms with van der Waals surface area (Å²) in [7, 11) is 1.54. The molecule has 1 aliphatic rings. The smallest absolute Gasteiger partial charge is 0.278 e. The minimum absolute atomic E-state index is 0.202. The molecule has 0 bridgehead atoms. The molecule has 29 heavy (non-hydrogen) atoms. The molecule has 0 fully saturated rings. The van der Waals surface area contributed by atoms with Crippen LogP contribution in [0.15, 0.2) is 60.3 Å². The Hall–Kier alpha value is -3.12. The average molecular weight is 394 g/mol. The largest absolute Gasteiger partial charge is 0.493 e. The molecule has 2 amide bonds. The molecule has 2 aromatic carbocycles. The molecule has 0 spiro atoms. The second-order valence-corrected chi connectivity index (χ2v) is 7.22. The number of rotatable bonds is 9. The zero-order chi connectivity index (χ0) is 20.8. The first-order chi connectivity index (χ1) is 14.0. The molecule has 1 N–H and O–H groups in total. The van der Waals surface area contributed by atoms with E-state index in [1.165, 1.54) is 4.90 Å². The second-order valence-electron chi connectivity index (χ2n) is 7.22. The molecular weight excluding hydrogens is 368 g/mol. The van der Waals surface area contributed by atoms with E-state index in [9.17, 15) is 9.59 Å². The van der Waals surface area contributed by atoms with Crippen molar-refractivity contribution in [2.45, 2.75) is 13.8 Å². The van der Waals surface area contributed by atoms with Crippen LogP contribution in [0.1, 0.15) is 19.4 Å². The third-order valence-electron chi connectivity index (χ3n) is 4.46. The number of carbonyl (C=O) groups excluding carboxylic acids is 2. The summed E-state index contributed by atoms with van der Waals surface area (Å²) in [6.45, 7) is 5.26. The maximum atomic E-state index is 13.0. The van der Waals surface area contributed by atoms with Crippen LogP contribution in [0.3, 0.4) is 0 Å². The van der Waals surface area contributed by atoms with Gasteiger partial charge in [-0.25, -0.2) is 0 Å². The number of nitrogens with zero attached hydrogens (tertiary/aromatic N) is 1. The van der Waals surface area contributed by atoms with Gasteiger partial charge in [0.15, 0.2) is 0 Å². The molecule has 0 saturated heterocycles. The highest BCUT2D eigenvalue weighted by atomic mass is 16.5. The van der Waals surface area contributed by atoms with Gasteiger partial charge < -0.3 is 14.8 Å². The van der Waals surface area contributed by atoms with Gasteiger partial charge in [0, 0.05) is 12.8 Å². The van der Waals surface area contributed by atoms with Gasteiger partial charge in [0.2, 0.25) is 0 Å². The van der Waals surface area contributed by atoms with E-state index in [2.05, 4.69) is 19.2 Å². The molecule has 0 saturated carbocycles. The average Bonchev–Trinajstić information content (AvgIpc) is 2.95. The van der Waals surface area contributed by atoms with Crippen LogP contribution in [0.4, 0.5) is 5.69 Å². The summed E-state index contributed by atoms with van der Waals surface area (Å²) in [5.41, 5.74) is 2.03. The van der Waals surface area contributed by atoms with Crippen molar-refractivity contribution >= 4 is 23.1 Å². The number of ether oxygens (including phenoxy) is 2. The fourth-order valence-corrected chi connectivity index (χ4v) is 2.99. The zero-order valence-corrected chi connectivity index (χ0v) is 17.0. The van der Waals surface area contributed by atoms with Crippen LogP contribution in [0.25, 0.3) is 5.57 Å². The summed E-state index contributed by atoms with van der Waals surface area (Å²) < 4.78 is 10.8. The van der Waals surface area contributed by atoms with Gasteiger partial charge in [-0.3, -0.25) is 14.5 Å². The Bertz CT molecular complexity index is 889. The first kappa shape index (κ1) is 20.6. The molecule has 6 heteroatoms. The number of hydrogen-bond acceptors (Lipinski definition) is 5. The lowest BCUT2D eigenvalue weighted by molar-refractivity contribution is -0.137. The van der Waals surface area contributed by atoms with E-state index in [0.29, 0.717) is 23.7 Å². The normalized spacial score (nSPS) is 14.1. The first-order valence-electron chi connectivity index (χ1n) is 9.66. The highest BCUT2D eigenvalue weighted by Crippen LogP contribution is 2.31. The molecular formula is C23H26N2O4. The van der Waals surface area contributed by atoms with E-state index in [-0.39, 0.29) is 30.7 Å². The topological polar surface area (TPSA) is 67.9 Å². The lowest BCUT2D eigenvalue weighted by Gasteiger charge is -2.14. The van der Waals surface area contributed by atoms with E-state index in [1.807, 2.05) is 54.6 Å². The molecule has 0 aromatic heterocycles. The number of para-hydroxylation sites is 1. The van der Waals surface area contributed by atoms with Gasteiger partial charge in [0.1, 0.15) is 11.4 Å². The number of amides is 2. The molecule has 0 unspecified atom stereocenters. The molecule has 1 aliphatic heterocycles. The van der Waals surface area contributed by atoms with E-state index >= 15 is 0 Å². The molecule has 3 rings (SSSR count). The lowest BCUT2D eigenvalue weighted by Crippen LogP contribution is -2.35. The number of methoxy groups -OCH3 is 1. The molecule has 6 nitrogen and oxygen atoms in total. The van der Waals surface area contributed by atoms with Crippen LogP contribution >= 0.6 is 0 Å². The van der Waals surface area contributed by atoms with Gasteiger partial charge in [0.05, 0.1) is 25.3 Å². The number of imide groups is 1. The Morgan fingerprint density at radius 1 is 0.966 bits per heavy atom. The third-order valence-corrected chi connectivity index (χ3v) is 4.46. The maximum absolute atomic E-state index is 13.0. The van der Waals surface area contributed by atoms with Crippen LogP contribution in [0.5, 0.6) is 5.75 Å². The minimum atomic E-state index is -0.356. The highest BCUT2D eigenvalue weighted by molar-refractivity contribution is 6.36. The number of nitrogens with one attached hydrogen (secondary N) is 1. The molecule has 152 valence electrons. The molecule has 0 atom stereocenters. The second kappa shape index (κ2) is 9.39. The highest BCUT2D eigenvalue weighted by Gasteiger charge is 2.38. The van der Waals surface area contributed by atoms with E-state index in [4.69, 9.17) is 9.47 Å². The van der Waals surface area contributed by atoms with Crippen LogP contribution < -0.4 is 10.1 Å². The Morgan fingerprint density at radius 3 is 2.28 bits per heavy atom. The van der Waals surface area contributed by atoms with Crippen molar-refractivity contribution in [2.24, 2.45) is 5.92 Å². The molecule has 2 aromatic rings. The van der Waals surface area contributed by atoms with Crippen molar-refractivity contribution in [1.82, 2.24) is 4.90 Å². The monoisotopic (exact) mass is 394 g/mol. The Balaban J connectivity index is 1.93. The van der Waals surface area contributed by atoms with E-state index in [1.54, 1.807) is 7.11 Å². The molecule has 1 heterocycles. The SMILES string of the molecule is COCCN1C(=O)C(Nc2ccccc2)=C(c2ccc(OCC(C)C)cc2)C1=O. The number of hydrogen-bond donors (Lipinski definition) is 1. The van der Waals surface area contributed by atoms with Crippen molar-refractivity contribution in [1.29, 1.82) is 0 Å². The standard InChI is InChI=1S/C23H26N2O4/c1-16(2)15-29-19-11-9-17(10-12-19)20-21(24-18-7-5-4-6-8-18)23(27)25(22(20)26)13-14-28-3/h4-12,16,24H,13-15H2,1-3H3. The summed E-state index contributed by atoms with van der Waals surface area (Å²) in [4.78, 5) is 27.2. The fourth-order valence-electron chi connectivity index (χ4n) is 2.99. The van der Waals surface area contributed by atoms with Gasteiger partial charge in [-0.1, -0.05) is 44.2 Å². The van der Waals surface area contributed by atoms with E-state index in [0.717, 1.165) is 11.4 Å². The van der Waals surface area contributed by atoms with Gasteiger partial charge in [0.25, 0.3) is 11.8 Å². The maximum Gasteiger partial charge on any atom is 0.278 e. The number of benzene rings is 2. The van der Waals surface area contributed by atoms with Crippen LogP contribution in [-0.2, 0) is 14.3 Å². The summed E-state index contributed by atoms with van der Waals surface area (Å²) >= 11 is 0. The summed E-state index contributed by atoms with van der Waals surface area (Å²) in [5.74, 6) is 0.462. The van der Waals surface area contributed by atoms with Crippen LogP contribution in [0.2, 0.25) is 0 Å². The van der Waals surface area contributed by atoms with Crippen molar-refractivity contribution in [3.63, 3.8) is 0 Å². The zero-order valence-electron chi connectivity index (χ0n) is 17.0. The Morgan fingerprint density at radius 2 is 1.66 bits per heavy atom. The third kappa shape index (κ3) is 4.84. The lowest BCUT2D eigenvalue weighted by atomic mass is 10.0. The minimum Gasteiger partial charge on any atom is -0.493 e. The molecule has 0 radical (unpaired) electrons. The van der Waals surface area contributed by atoms with Crippen LogP contribution in [0, 0.1) is 5.92 Å². The van der Waals surface area contributed by atoms with Gasteiger partial charge >= 0.3 is 0 Å². The van der Waals surface area contributed by atoms with Gasteiger partial charge in [-0.05, 0) is 35.7 Å². The van der Waals surface area contributed by atoms with Gasteiger partial charge in [-0.15, -0.1) is 0 Å². The quantitative estimate of drug-likeness (QED) is 0.659. The Labute approximate surface area is 171 Å².